The van der Waals surface area contributed by atoms with Gasteiger partial charge in [0.2, 0.25) is 5.95 Å². The third-order valence-corrected chi connectivity index (χ3v) is 5.06. The summed E-state index contributed by atoms with van der Waals surface area (Å²) in [6, 6.07) is 0.360. The van der Waals surface area contributed by atoms with Gasteiger partial charge in [0.25, 0.3) is 0 Å². The van der Waals surface area contributed by atoms with Gasteiger partial charge in [-0.15, -0.1) is 11.3 Å². The van der Waals surface area contributed by atoms with Crippen LogP contribution in [0, 0.1) is 6.92 Å². The van der Waals surface area contributed by atoms with Gasteiger partial charge < -0.3 is 15.5 Å². The molecule has 0 bridgehead atoms. The van der Waals surface area contributed by atoms with Crippen LogP contribution < -0.4 is 15.5 Å². The van der Waals surface area contributed by atoms with Gasteiger partial charge in [-0.1, -0.05) is 6.92 Å². The van der Waals surface area contributed by atoms with E-state index in [2.05, 4.69) is 43.2 Å². The topological polar surface area (TPSA) is 53.1 Å². The number of anilines is 2. The molecule has 3 heterocycles. The Bertz CT molecular complexity index is 658. The van der Waals surface area contributed by atoms with Crippen LogP contribution in [0.4, 0.5) is 11.8 Å². The highest BCUT2D eigenvalue weighted by molar-refractivity contribution is 7.18. The summed E-state index contributed by atoms with van der Waals surface area (Å²) < 4.78 is 0. The molecule has 0 saturated carbocycles. The van der Waals surface area contributed by atoms with E-state index in [4.69, 9.17) is 9.97 Å². The number of aryl methyl sites for hydroxylation is 2. The molecular weight excluding hydrogens is 294 g/mol. The lowest BCUT2D eigenvalue weighted by atomic mass is 10.1. The number of hydrogen-bond acceptors (Lipinski definition) is 6. The van der Waals surface area contributed by atoms with Crippen molar-refractivity contribution in [3.8, 4) is 0 Å². The van der Waals surface area contributed by atoms with E-state index < -0.39 is 0 Å². The van der Waals surface area contributed by atoms with Crippen molar-refractivity contribution in [3.05, 3.63) is 10.4 Å². The predicted octanol–water partition coefficient (Wildman–Crippen LogP) is 2.79. The van der Waals surface area contributed by atoms with Gasteiger partial charge in [0.05, 0.1) is 5.39 Å². The molecule has 2 N–H and O–H groups in total. The van der Waals surface area contributed by atoms with Gasteiger partial charge in [0.1, 0.15) is 10.6 Å². The van der Waals surface area contributed by atoms with E-state index >= 15 is 0 Å². The standard InChI is InChI=1S/C16H25N5S/c1-5-12-11(4)22-15-13(12)14(18-10(2)3)19-16(20-15)21-8-6-17-7-9-21/h10,17H,5-9H2,1-4H3,(H,18,19,20). The number of fused-ring (bicyclic) bond motifs is 1. The van der Waals surface area contributed by atoms with Crippen molar-refractivity contribution in [1.82, 2.24) is 15.3 Å². The zero-order valence-corrected chi connectivity index (χ0v) is 14.7. The monoisotopic (exact) mass is 319 g/mol. The Morgan fingerprint density at radius 1 is 1.27 bits per heavy atom. The summed E-state index contributed by atoms with van der Waals surface area (Å²) in [6.45, 7) is 12.6. The molecular formula is C16H25N5S. The minimum Gasteiger partial charge on any atom is -0.367 e. The third kappa shape index (κ3) is 2.90. The fraction of sp³-hybridized carbons (Fsp3) is 0.625. The molecule has 120 valence electrons. The van der Waals surface area contributed by atoms with Gasteiger partial charge in [-0.3, -0.25) is 0 Å². The van der Waals surface area contributed by atoms with Crippen molar-refractivity contribution in [1.29, 1.82) is 0 Å². The Morgan fingerprint density at radius 3 is 2.64 bits per heavy atom. The third-order valence-electron chi connectivity index (χ3n) is 4.02. The van der Waals surface area contributed by atoms with Crippen LogP contribution in [-0.2, 0) is 6.42 Å². The molecule has 0 spiro atoms. The summed E-state index contributed by atoms with van der Waals surface area (Å²) in [6.07, 6.45) is 1.02. The van der Waals surface area contributed by atoms with Crippen molar-refractivity contribution >= 4 is 33.3 Å². The van der Waals surface area contributed by atoms with E-state index in [1.807, 2.05) is 0 Å². The molecule has 0 amide bonds. The first-order valence-corrected chi connectivity index (χ1v) is 8.94. The highest BCUT2D eigenvalue weighted by Crippen LogP contribution is 2.35. The lowest BCUT2D eigenvalue weighted by Crippen LogP contribution is -2.44. The van der Waals surface area contributed by atoms with Crippen molar-refractivity contribution in [2.45, 2.75) is 40.2 Å². The van der Waals surface area contributed by atoms with Crippen molar-refractivity contribution in [2.75, 3.05) is 36.4 Å². The zero-order chi connectivity index (χ0) is 15.7. The molecule has 1 fully saturated rings. The normalized spacial score (nSPS) is 15.8. The van der Waals surface area contributed by atoms with Crippen LogP contribution in [0.25, 0.3) is 10.2 Å². The van der Waals surface area contributed by atoms with Crippen LogP contribution in [0.3, 0.4) is 0 Å². The fourth-order valence-electron chi connectivity index (χ4n) is 2.97. The number of nitrogens with one attached hydrogen (secondary N) is 2. The predicted molar refractivity (Wildman–Crippen MR) is 95.4 cm³/mol. The maximum absolute atomic E-state index is 4.87. The van der Waals surface area contributed by atoms with Gasteiger partial charge in [0.15, 0.2) is 0 Å². The zero-order valence-electron chi connectivity index (χ0n) is 13.9. The first-order valence-electron chi connectivity index (χ1n) is 8.12. The Kier molecular flexibility index (Phi) is 4.49. The highest BCUT2D eigenvalue weighted by atomic mass is 32.1. The van der Waals surface area contributed by atoms with Crippen LogP contribution in [-0.4, -0.2) is 42.2 Å². The minimum atomic E-state index is 0.360. The Morgan fingerprint density at radius 2 is 2.00 bits per heavy atom. The number of aromatic nitrogens is 2. The summed E-state index contributed by atoms with van der Waals surface area (Å²) >= 11 is 1.79. The number of hydrogen-bond donors (Lipinski definition) is 2. The quantitative estimate of drug-likeness (QED) is 0.907. The van der Waals surface area contributed by atoms with E-state index in [0.29, 0.717) is 6.04 Å². The smallest absolute Gasteiger partial charge is 0.228 e. The average Bonchev–Trinajstić information content (AvgIpc) is 2.83. The minimum absolute atomic E-state index is 0.360. The van der Waals surface area contributed by atoms with Crippen molar-refractivity contribution in [3.63, 3.8) is 0 Å². The molecule has 6 heteroatoms. The second kappa shape index (κ2) is 6.38. The highest BCUT2D eigenvalue weighted by Gasteiger charge is 2.20. The molecule has 0 aromatic carbocycles. The van der Waals surface area contributed by atoms with E-state index in [1.54, 1.807) is 11.3 Å². The second-order valence-corrected chi connectivity index (χ2v) is 7.28. The number of piperazine rings is 1. The molecule has 1 aliphatic heterocycles. The molecule has 22 heavy (non-hydrogen) atoms. The summed E-state index contributed by atoms with van der Waals surface area (Å²) in [5.41, 5.74) is 1.38. The molecule has 5 nitrogen and oxygen atoms in total. The number of rotatable bonds is 4. The maximum atomic E-state index is 4.87. The largest absolute Gasteiger partial charge is 0.367 e. The second-order valence-electron chi connectivity index (χ2n) is 6.08. The summed E-state index contributed by atoms with van der Waals surface area (Å²) in [4.78, 5) is 14.5. The SMILES string of the molecule is CCc1c(C)sc2nc(N3CCNCC3)nc(NC(C)C)c12. The van der Waals surface area contributed by atoms with Crippen LogP contribution in [0.5, 0.6) is 0 Å². The van der Waals surface area contributed by atoms with Gasteiger partial charge in [-0.05, 0) is 32.8 Å². The van der Waals surface area contributed by atoms with E-state index in [1.165, 1.54) is 15.8 Å². The Balaban J connectivity index is 2.11. The molecule has 2 aromatic heterocycles. The lowest BCUT2D eigenvalue weighted by molar-refractivity contribution is 0.580. The van der Waals surface area contributed by atoms with Crippen molar-refractivity contribution in [2.24, 2.45) is 0 Å². The number of nitrogens with zero attached hydrogens (tertiary/aromatic N) is 3. The van der Waals surface area contributed by atoms with E-state index in [9.17, 15) is 0 Å². The van der Waals surface area contributed by atoms with Gasteiger partial charge >= 0.3 is 0 Å². The van der Waals surface area contributed by atoms with Crippen molar-refractivity contribution < 1.29 is 0 Å². The molecule has 2 aromatic rings. The van der Waals surface area contributed by atoms with Crippen LogP contribution in [0.2, 0.25) is 0 Å². The van der Waals surface area contributed by atoms with Crippen LogP contribution in [0.15, 0.2) is 0 Å². The Labute approximate surface area is 136 Å². The first-order chi connectivity index (χ1) is 10.6. The van der Waals surface area contributed by atoms with Crippen LogP contribution in [0.1, 0.15) is 31.2 Å². The summed E-state index contributed by atoms with van der Waals surface area (Å²) in [5.74, 6) is 1.86. The number of thiophene rings is 1. The van der Waals surface area contributed by atoms with Gasteiger partial charge in [0, 0.05) is 37.1 Å². The summed E-state index contributed by atoms with van der Waals surface area (Å²) in [7, 11) is 0. The van der Waals surface area contributed by atoms with E-state index in [-0.39, 0.29) is 0 Å². The fourth-order valence-corrected chi connectivity index (χ4v) is 4.08. The van der Waals surface area contributed by atoms with Gasteiger partial charge in [-0.2, -0.15) is 4.98 Å². The van der Waals surface area contributed by atoms with Crippen LogP contribution >= 0.6 is 11.3 Å². The molecule has 0 unspecified atom stereocenters. The molecule has 0 aliphatic carbocycles. The molecule has 0 atom stereocenters. The first kappa shape index (κ1) is 15.5. The Hall–Kier alpha value is -1.40. The van der Waals surface area contributed by atoms with Gasteiger partial charge in [-0.25, -0.2) is 4.98 Å². The maximum Gasteiger partial charge on any atom is 0.228 e. The molecule has 3 rings (SSSR count). The molecule has 1 saturated heterocycles. The molecule has 0 radical (unpaired) electrons. The average molecular weight is 319 g/mol. The lowest BCUT2D eigenvalue weighted by Gasteiger charge is -2.28. The van der Waals surface area contributed by atoms with E-state index in [0.717, 1.165) is 49.2 Å². The summed E-state index contributed by atoms with van der Waals surface area (Å²) in [5, 5.41) is 8.13. The molecule has 1 aliphatic rings.